The van der Waals surface area contributed by atoms with Crippen molar-refractivity contribution in [1.82, 2.24) is 30.7 Å². The SMILES string of the molecule is CCC/C=C\C(=C/NC)C[C@@H](NC(=O)OC(C)(C)C)C(=O)NC(C)(C)Cn1nc(C(C)(F)F)cc1-c1ccnc(C(C)(C)O)c1. The molecule has 12 heteroatoms. The highest BCUT2D eigenvalue weighted by Crippen LogP contribution is 2.32. The number of hydrogen-bond donors (Lipinski definition) is 4. The third-order valence-electron chi connectivity index (χ3n) is 6.48. The molecule has 1 atom stereocenters. The Bertz CT molecular complexity index is 1360. The first-order valence-electron chi connectivity index (χ1n) is 15.1. The minimum atomic E-state index is -3.22. The van der Waals surface area contributed by atoms with E-state index in [4.69, 9.17) is 4.74 Å². The van der Waals surface area contributed by atoms with E-state index in [9.17, 15) is 23.5 Å². The number of nitrogens with one attached hydrogen (secondary N) is 3. The Labute approximate surface area is 265 Å². The van der Waals surface area contributed by atoms with Crippen LogP contribution in [0.15, 0.2) is 48.3 Å². The Morgan fingerprint density at radius 1 is 1.09 bits per heavy atom. The Balaban J connectivity index is 2.44. The first kappa shape index (κ1) is 37.4. The highest BCUT2D eigenvalue weighted by molar-refractivity contribution is 5.86. The van der Waals surface area contributed by atoms with E-state index in [1.807, 2.05) is 12.2 Å². The van der Waals surface area contributed by atoms with Crippen LogP contribution in [-0.4, -0.2) is 56.1 Å². The fourth-order valence-corrected chi connectivity index (χ4v) is 4.40. The van der Waals surface area contributed by atoms with Crippen molar-refractivity contribution in [2.75, 3.05) is 7.05 Å². The minimum absolute atomic E-state index is 0.0130. The number of hydrogen-bond acceptors (Lipinski definition) is 7. The van der Waals surface area contributed by atoms with Crippen molar-refractivity contribution in [2.24, 2.45) is 0 Å². The van der Waals surface area contributed by atoms with Crippen LogP contribution >= 0.6 is 0 Å². The maximum atomic E-state index is 14.4. The molecule has 0 aliphatic heterocycles. The second-order valence-corrected chi connectivity index (χ2v) is 13.4. The molecule has 0 unspecified atom stereocenters. The van der Waals surface area contributed by atoms with Gasteiger partial charge in [0, 0.05) is 32.2 Å². The number of rotatable bonds is 14. The van der Waals surface area contributed by atoms with Crippen molar-refractivity contribution in [3.8, 4) is 11.3 Å². The standard InChI is InChI=1S/C33H50F2N6O4/c1-11-12-13-14-22(20-36-10)17-24(38-29(43)45-30(2,3)4)28(42)39-31(5,6)21-41-25(19-27(40-41)33(9,34)35)23-15-16-37-26(18-23)32(7,8)44/h13-16,18-20,24,36,44H,11-12,17,21H2,1-10H3,(H,38,43)(H,39,42)/b14-13-,22-20+/t24-/m1/s1. The second kappa shape index (κ2) is 15.0. The number of carbonyl (C=O) groups is 2. The summed E-state index contributed by atoms with van der Waals surface area (Å²) in [4.78, 5) is 30.7. The third-order valence-corrected chi connectivity index (χ3v) is 6.48. The van der Waals surface area contributed by atoms with E-state index < -0.39 is 46.4 Å². The lowest BCUT2D eigenvalue weighted by atomic mass is 10.00. The van der Waals surface area contributed by atoms with Crippen molar-refractivity contribution >= 4 is 12.0 Å². The molecule has 0 fully saturated rings. The lowest BCUT2D eigenvalue weighted by molar-refractivity contribution is -0.125. The summed E-state index contributed by atoms with van der Waals surface area (Å²) in [5.74, 6) is -3.71. The van der Waals surface area contributed by atoms with Crippen LogP contribution in [0.4, 0.5) is 13.6 Å². The predicted molar refractivity (Wildman–Crippen MR) is 171 cm³/mol. The Morgan fingerprint density at radius 3 is 2.31 bits per heavy atom. The van der Waals surface area contributed by atoms with E-state index in [0.717, 1.165) is 25.3 Å². The molecule has 2 amide bonds. The molecule has 0 aromatic carbocycles. The molecule has 0 bridgehead atoms. The van der Waals surface area contributed by atoms with Gasteiger partial charge >= 0.3 is 6.09 Å². The topological polar surface area (TPSA) is 130 Å². The van der Waals surface area contributed by atoms with Gasteiger partial charge in [-0.25, -0.2) is 4.79 Å². The smallest absolute Gasteiger partial charge is 0.408 e. The van der Waals surface area contributed by atoms with Crippen LogP contribution in [-0.2, 0) is 27.6 Å². The molecular weight excluding hydrogens is 582 g/mol. The van der Waals surface area contributed by atoms with E-state index in [-0.39, 0.29) is 13.0 Å². The van der Waals surface area contributed by atoms with Gasteiger partial charge in [-0.3, -0.25) is 14.5 Å². The number of allylic oxidation sites excluding steroid dienone is 2. The van der Waals surface area contributed by atoms with Gasteiger partial charge in [0.1, 0.15) is 22.9 Å². The molecule has 4 N–H and O–H groups in total. The molecule has 0 spiro atoms. The van der Waals surface area contributed by atoms with Crippen molar-refractivity contribution in [3.05, 3.63) is 59.7 Å². The highest BCUT2D eigenvalue weighted by atomic mass is 19.3. The zero-order valence-electron chi connectivity index (χ0n) is 28.2. The van der Waals surface area contributed by atoms with E-state index in [0.29, 0.717) is 17.0 Å². The van der Waals surface area contributed by atoms with E-state index in [2.05, 4.69) is 33.0 Å². The fourth-order valence-electron chi connectivity index (χ4n) is 4.40. The Morgan fingerprint density at radius 2 is 1.76 bits per heavy atom. The molecule has 0 saturated carbocycles. The summed E-state index contributed by atoms with van der Waals surface area (Å²) in [6, 6.07) is 3.56. The summed E-state index contributed by atoms with van der Waals surface area (Å²) in [5, 5.41) is 23.3. The second-order valence-electron chi connectivity index (χ2n) is 13.4. The summed E-state index contributed by atoms with van der Waals surface area (Å²) < 4.78 is 35.7. The van der Waals surface area contributed by atoms with Crippen molar-refractivity contribution in [2.45, 2.75) is 117 Å². The monoisotopic (exact) mass is 632 g/mol. The number of nitrogens with zero attached hydrogens (tertiary/aromatic N) is 3. The van der Waals surface area contributed by atoms with Gasteiger partial charge in [-0.15, -0.1) is 0 Å². The third kappa shape index (κ3) is 12.3. The van der Waals surface area contributed by atoms with Gasteiger partial charge in [-0.1, -0.05) is 25.5 Å². The van der Waals surface area contributed by atoms with Gasteiger partial charge in [0.25, 0.3) is 5.92 Å². The molecule has 2 rings (SSSR count). The molecule has 2 aromatic heterocycles. The molecule has 45 heavy (non-hydrogen) atoms. The normalized spacial score (nSPS) is 13.9. The van der Waals surface area contributed by atoms with Crippen molar-refractivity contribution in [1.29, 1.82) is 0 Å². The average Bonchev–Trinajstić information content (AvgIpc) is 3.30. The van der Waals surface area contributed by atoms with E-state index >= 15 is 0 Å². The van der Waals surface area contributed by atoms with Crippen LogP contribution in [0, 0.1) is 0 Å². The molecule has 0 aliphatic rings. The van der Waals surface area contributed by atoms with E-state index in [1.165, 1.54) is 16.9 Å². The molecule has 0 radical (unpaired) electrons. The highest BCUT2D eigenvalue weighted by Gasteiger charge is 2.33. The average molecular weight is 633 g/mol. The lowest BCUT2D eigenvalue weighted by Gasteiger charge is -2.30. The van der Waals surface area contributed by atoms with Crippen LogP contribution < -0.4 is 16.0 Å². The van der Waals surface area contributed by atoms with Crippen LogP contribution in [0.25, 0.3) is 11.3 Å². The number of pyridine rings is 1. The number of unbranched alkanes of at least 4 members (excludes halogenated alkanes) is 1. The van der Waals surface area contributed by atoms with Gasteiger partial charge in [0.05, 0.1) is 23.5 Å². The zero-order chi connectivity index (χ0) is 34.2. The van der Waals surface area contributed by atoms with Gasteiger partial charge in [-0.2, -0.15) is 13.9 Å². The van der Waals surface area contributed by atoms with Gasteiger partial charge in [-0.05, 0) is 84.9 Å². The van der Waals surface area contributed by atoms with Crippen LogP contribution in [0.3, 0.4) is 0 Å². The summed E-state index contributed by atoms with van der Waals surface area (Å²) in [5.41, 5.74) is -1.45. The molecule has 0 aliphatic carbocycles. The van der Waals surface area contributed by atoms with Crippen molar-refractivity contribution < 1.29 is 28.2 Å². The minimum Gasteiger partial charge on any atom is -0.444 e. The first-order chi connectivity index (χ1) is 20.6. The largest absolute Gasteiger partial charge is 0.444 e. The quantitative estimate of drug-likeness (QED) is 0.190. The maximum Gasteiger partial charge on any atom is 0.408 e. The number of carbonyl (C=O) groups excluding carboxylic acids is 2. The Hall–Kier alpha value is -3.80. The summed E-state index contributed by atoms with van der Waals surface area (Å²) in [6.45, 7) is 14.7. The summed E-state index contributed by atoms with van der Waals surface area (Å²) in [7, 11) is 1.75. The zero-order valence-corrected chi connectivity index (χ0v) is 28.2. The van der Waals surface area contributed by atoms with Crippen LogP contribution in [0.1, 0.15) is 93.0 Å². The molecular formula is C33H50F2N6O4. The molecule has 10 nitrogen and oxygen atoms in total. The van der Waals surface area contributed by atoms with Gasteiger partial charge in [0.15, 0.2) is 0 Å². The molecule has 2 heterocycles. The first-order valence-corrected chi connectivity index (χ1v) is 15.1. The predicted octanol–water partition coefficient (Wildman–Crippen LogP) is 5.92. The number of alkyl carbamates (subject to hydrolysis) is 1. The van der Waals surface area contributed by atoms with Gasteiger partial charge in [0.2, 0.25) is 5.91 Å². The van der Waals surface area contributed by atoms with Crippen LogP contribution in [0.5, 0.6) is 0 Å². The lowest BCUT2D eigenvalue weighted by Crippen LogP contribution is -2.55. The number of amides is 2. The van der Waals surface area contributed by atoms with Gasteiger partial charge < -0.3 is 25.8 Å². The number of alkyl halides is 2. The number of halogens is 2. The molecule has 2 aromatic rings. The molecule has 0 saturated heterocycles. The van der Waals surface area contributed by atoms with E-state index in [1.54, 1.807) is 73.8 Å². The fraction of sp³-hybridized carbons (Fsp3) is 0.576. The summed E-state index contributed by atoms with van der Waals surface area (Å²) in [6.07, 6.45) is 8.38. The number of ether oxygens (including phenoxy) is 1. The number of aromatic nitrogens is 3. The molecule has 250 valence electrons. The maximum absolute atomic E-state index is 14.4. The summed E-state index contributed by atoms with van der Waals surface area (Å²) >= 11 is 0. The van der Waals surface area contributed by atoms with Crippen LogP contribution in [0.2, 0.25) is 0 Å². The number of aliphatic hydroxyl groups is 1. The van der Waals surface area contributed by atoms with Crippen molar-refractivity contribution in [3.63, 3.8) is 0 Å². The Kier molecular flexibility index (Phi) is 12.5.